The van der Waals surface area contributed by atoms with Gasteiger partial charge in [0.2, 0.25) is 6.29 Å². The Morgan fingerprint density at radius 1 is 1.36 bits per heavy atom. The van der Waals surface area contributed by atoms with Crippen molar-refractivity contribution in [3.63, 3.8) is 0 Å². The van der Waals surface area contributed by atoms with Gasteiger partial charge >= 0.3 is 0 Å². The first-order valence-electron chi connectivity index (χ1n) is 3.06. The number of carbonyl (C=O) groups excluding carboxylic acids is 1. The second kappa shape index (κ2) is 3.71. The third kappa shape index (κ3) is 2.37. The highest BCUT2D eigenvalue weighted by molar-refractivity contribution is 5.52. The monoisotopic (exact) mass is 153 g/mol. The predicted molar refractivity (Wildman–Crippen MR) is 37.6 cm³/mol. The predicted octanol–water partition coefficient (Wildman–Crippen LogP) is 1.31. The lowest BCUT2D eigenvalue weighted by Gasteiger charge is -1.99. The standard InChI is InChI=1S/C8H6FO2/c9-7-1-3-8(4-2-7)11-6-5-10/h1-4H,6H2. The smallest absolute Gasteiger partial charge is 0.239 e. The number of benzene rings is 1. The molecular weight excluding hydrogens is 147 g/mol. The summed E-state index contributed by atoms with van der Waals surface area (Å²) in [5.41, 5.74) is 0. The Kier molecular flexibility index (Phi) is 2.60. The molecule has 0 aliphatic carbocycles. The van der Waals surface area contributed by atoms with Gasteiger partial charge in [0.15, 0.2) is 6.61 Å². The van der Waals surface area contributed by atoms with E-state index in [0.717, 1.165) is 0 Å². The highest BCUT2D eigenvalue weighted by atomic mass is 19.1. The molecule has 0 saturated carbocycles. The number of ether oxygens (including phenoxy) is 1. The summed E-state index contributed by atoms with van der Waals surface area (Å²) in [4.78, 5) is 9.72. The zero-order chi connectivity index (χ0) is 8.10. The molecule has 1 aromatic rings. The molecule has 0 aliphatic heterocycles. The van der Waals surface area contributed by atoms with Gasteiger partial charge < -0.3 is 4.74 Å². The van der Waals surface area contributed by atoms with Crippen LogP contribution < -0.4 is 4.74 Å². The maximum atomic E-state index is 12.3. The van der Waals surface area contributed by atoms with Crippen LogP contribution >= 0.6 is 0 Å². The van der Waals surface area contributed by atoms with E-state index in [1.807, 2.05) is 0 Å². The fraction of sp³-hybridized carbons (Fsp3) is 0.125. The van der Waals surface area contributed by atoms with Gasteiger partial charge in [-0.3, -0.25) is 4.79 Å². The Morgan fingerprint density at radius 2 is 2.00 bits per heavy atom. The van der Waals surface area contributed by atoms with Crippen molar-refractivity contribution in [3.05, 3.63) is 30.1 Å². The Hall–Kier alpha value is -1.38. The number of halogens is 1. The second-order valence-corrected chi connectivity index (χ2v) is 1.89. The van der Waals surface area contributed by atoms with Gasteiger partial charge in [-0.15, -0.1) is 0 Å². The van der Waals surface area contributed by atoms with E-state index in [4.69, 9.17) is 4.74 Å². The van der Waals surface area contributed by atoms with Crippen LogP contribution in [0.5, 0.6) is 5.75 Å². The molecule has 57 valence electrons. The third-order valence-corrected chi connectivity index (χ3v) is 1.11. The molecule has 0 amide bonds. The molecular formula is C8H6FO2. The fourth-order valence-corrected chi connectivity index (χ4v) is 0.644. The molecule has 0 fully saturated rings. The van der Waals surface area contributed by atoms with Crippen molar-refractivity contribution in [2.24, 2.45) is 0 Å². The summed E-state index contributed by atoms with van der Waals surface area (Å²) < 4.78 is 17.1. The van der Waals surface area contributed by atoms with Crippen LogP contribution in [0, 0.1) is 5.82 Å². The van der Waals surface area contributed by atoms with Crippen LogP contribution in [-0.2, 0) is 4.79 Å². The maximum Gasteiger partial charge on any atom is 0.239 e. The normalized spacial score (nSPS) is 9.18. The summed E-state index contributed by atoms with van der Waals surface area (Å²) in [7, 11) is 0. The zero-order valence-corrected chi connectivity index (χ0v) is 5.71. The van der Waals surface area contributed by atoms with Crippen molar-refractivity contribution in [3.8, 4) is 5.75 Å². The Bertz CT molecular complexity index is 230. The van der Waals surface area contributed by atoms with E-state index in [0.29, 0.717) is 5.75 Å². The van der Waals surface area contributed by atoms with E-state index in [-0.39, 0.29) is 12.4 Å². The lowest BCUT2D eigenvalue weighted by molar-refractivity contribution is 0.364. The largest absolute Gasteiger partial charge is 0.485 e. The molecule has 0 aromatic heterocycles. The molecule has 0 heterocycles. The molecule has 0 bridgehead atoms. The first kappa shape index (κ1) is 7.72. The molecule has 0 spiro atoms. The van der Waals surface area contributed by atoms with E-state index in [2.05, 4.69) is 0 Å². The minimum Gasteiger partial charge on any atom is -0.485 e. The summed E-state index contributed by atoms with van der Waals surface area (Å²) in [6.45, 7) is -0.119. The molecule has 3 heteroatoms. The highest BCUT2D eigenvalue weighted by Gasteiger charge is 1.92. The van der Waals surface area contributed by atoms with Gasteiger partial charge in [-0.25, -0.2) is 4.39 Å². The average molecular weight is 153 g/mol. The minimum atomic E-state index is -0.326. The summed E-state index contributed by atoms with van der Waals surface area (Å²) in [5.74, 6) is 0.141. The van der Waals surface area contributed by atoms with Crippen molar-refractivity contribution in [2.45, 2.75) is 0 Å². The van der Waals surface area contributed by atoms with Crippen LogP contribution in [0.4, 0.5) is 4.39 Å². The molecule has 0 aliphatic rings. The van der Waals surface area contributed by atoms with Crippen molar-refractivity contribution in [1.82, 2.24) is 0 Å². The number of hydrogen-bond acceptors (Lipinski definition) is 2. The molecule has 11 heavy (non-hydrogen) atoms. The van der Waals surface area contributed by atoms with Crippen LogP contribution in [0.15, 0.2) is 24.3 Å². The SMILES string of the molecule is O=[C]COc1ccc(F)cc1. The Morgan fingerprint density at radius 3 is 2.55 bits per heavy atom. The molecule has 1 aromatic carbocycles. The Balaban J connectivity index is 2.58. The second-order valence-electron chi connectivity index (χ2n) is 1.89. The van der Waals surface area contributed by atoms with Crippen molar-refractivity contribution >= 4 is 6.29 Å². The summed E-state index contributed by atoms with van der Waals surface area (Å²) in [5, 5.41) is 0. The molecule has 1 rings (SSSR count). The molecule has 0 saturated heterocycles. The first-order valence-corrected chi connectivity index (χ1v) is 3.06. The van der Waals surface area contributed by atoms with Gasteiger partial charge in [-0.05, 0) is 24.3 Å². The topological polar surface area (TPSA) is 26.3 Å². The van der Waals surface area contributed by atoms with Crippen molar-refractivity contribution in [2.75, 3.05) is 6.61 Å². The molecule has 1 radical (unpaired) electrons. The highest BCUT2D eigenvalue weighted by Crippen LogP contribution is 2.09. The quantitative estimate of drug-likeness (QED) is 0.654. The summed E-state index contributed by atoms with van der Waals surface area (Å²) in [6.07, 6.45) is 1.56. The van der Waals surface area contributed by atoms with Gasteiger partial charge in [0.05, 0.1) is 0 Å². The van der Waals surface area contributed by atoms with E-state index in [9.17, 15) is 9.18 Å². The van der Waals surface area contributed by atoms with Crippen molar-refractivity contribution in [1.29, 1.82) is 0 Å². The zero-order valence-electron chi connectivity index (χ0n) is 5.71. The maximum absolute atomic E-state index is 12.3. The fourth-order valence-electron chi connectivity index (χ4n) is 0.644. The van der Waals surface area contributed by atoms with Crippen molar-refractivity contribution < 1.29 is 13.9 Å². The van der Waals surface area contributed by atoms with Gasteiger partial charge in [-0.2, -0.15) is 0 Å². The average Bonchev–Trinajstić information content (AvgIpc) is 2.04. The van der Waals surface area contributed by atoms with Crippen LogP contribution in [0.25, 0.3) is 0 Å². The summed E-state index contributed by atoms with van der Waals surface area (Å²) >= 11 is 0. The lowest BCUT2D eigenvalue weighted by Crippen LogP contribution is -1.96. The molecule has 0 unspecified atom stereocenters. The Labute approximate surface area is 63.6 Å². The lowest BCUT2D eigenvalue weighted by atomic mass is 10.3. The first-order chi connectivity index (χ1) is 5.33. The molecule has 0 atom stereocenters. The van der Waals surface area contributed by atoms with Gasteiger partial charge in [0, 0.05) is 0 Å². The van der Waals surface area contributed by atoms with E-state index in [1.54, 1.807) is 6.29 Å². The summed E-state index contributed by atoms with van der Waals surface area (Å²) in [6, 6.07) is 5.43. The van der Waals surface area contributed by atoms with Gasteiger partial charge in [-0.1, -0.05) is 0 Å². The van der Waals surface area contributed by atoms with E-state index in [1.165, 1.54) is 24.3 Å². The molecule has 2 nitrogen and oxygen atoms in total. The number of hydrogen-bond donors (Lipinski definition) is 0. The van der Waals surface area contributed by atoms with E-state index >= 15 is 0 Å². The minimum absolute atomic E-state index is 0.119. The van der Waals surface area contributed by atoms with E-state index < -0.39 is 0 Å². The molecule has 0 N–H and O–H groups in total. The van der Waals surface area contributed by atoms with Crippen LogP contribution in [0.2, 0.25) is 0 Å². The van der Waals surface area contributed by atoms with Gasteiger partial charge in [0.1, 0.15) is 11.6 Å². The van der Waals surface area contributed by atoms with Crippen LogP contribution in [-0.4, -0.2) is 12.9 Å². The third-order valence-electron chi connectivity index (χ3n) is 1.11. The van der Waals surface area contributed by atoms with Crippen LogP contribution in [0.3, 0.4) is 0 Å². The van der Waals surface area contributed by atoms with Crippen LogP contribution in [0.1, 0.15) is 0 Å². The van der Waals surface area contributed by atoms with Gasteiger partial charge in [0.25, 0.3) is 0 Å². The number of rotatable bonds is 3.